The standard InChI is InChI=1S/C24H30N4O2/c1-17-12-18-13-21-22(25-16-20-4-3-5-28(20)24(21)29)14-19(18)15-23(17)30-11-10-27-8-6-26(2)7-9-27/h12-16,20H,3-11H2,1-2H3/t20-/m0/s1. The van der Waals surface area contributed by atoms with Crippen LogP contribution < -0.4 is 4.74 Å². The van der Waals surface area contributed by atoms with Gasteiger partial charge in [-0.3, -0.25) is 14.7 Å². The Bertz CT molecular complexity index is 994. The van der Waals surface area contributed by atoms with Crippen LogP contribution in [0.3, 0.4) is 0 Å². The zero-order chi connectivity index (χ0) is 20.7. The normalized spacial score (nSPS) is 22.3. The van der Waals surface area contributed by atoms with Crippen LogP contribution in [0.2, 0.25) is 0 Å². The minimum atomic E-state index is 0.108. The van der Waals surface area contributed by atoms with Crippen molar-refractivity contribution in [2.45, 2.75) is 25.8 Å². The number of likely N-dealkylation sites (N-methyl/N-ethyl adjacent to an activating group) is 1. The van der Waals surface area contributed by atoms with E-state index < -0.39 is 0 Å². The Balaban J connectivity index is 1.36. The molecule has 0 radical (unpaired) electrons. The van der Waals surface area contributed by atoms with E-state index in [2.05, 4.69) is 40.9 Å². The summed E-state index contributed by atoms with van der Waals surface area (Å²) in [4.78, 5) is 24.5. The number of carbonyl (C=O) groups is 1. The summed E-state index contributed by atoms with van der Waals surface area (Å²) in [7, 11) is 2.17. The lowest BCUT2D eigenvalue weighted by atomic mass is 10.0. The molecular weight excluding hydrogens is 376 g/mol. The maximum absolute atomic E-state index is 13.0. The number of nitrogens with zero attached hydrogens (tertiary/aromatic N) is 4. The fraction of sp³-hybridized carbons (Fsp3) is 0.500. The third-order valence-electron chi connectivity index (χ3n) is 6.69. The highest BCUT2D eigenvalue weighted by Crippen LogP contribution is 2.34. The topological polar surface area (TPSA) is 48.4 Å². The van der Waals surface area contributed by atoms with E-state index in [1.54, 1.807) is 0 Å². The Morgan fingerprint density at radius 3 is 2.70 bits per heavy atom. The smallest absolute Gasteiger partial charge is 0.256 e. The first-order valence-corrected chi connectivity index (χ1v) is 11.1. The summed E-state index contributed by atoms with van der Waals surface area (Å²) in [6, 6.07) is 8.41. The van der Waals surface area contributed by atoms with Crippen LogP contribution in [0.25, 0.3) is 10.8 Å². The number of rotatable bonds is 4. The molecule has 30 heavy (non-hydrogen) atoms. The Morgan fingerprint density at radius 1 is 1.07 bits per heavy atom. The SMILES string of the molecule is Cc1cc2cc3c(cc2cc1OCCN1CCN(C)CC1)N=C[C@@H]1CCCN1C3=O. The lowest BCUT2D eigenvalue weighted by molar-refractivity contribution is 0.0775. The Kier molecular flexibility index (Phi) is 5.21. The summed E-state index contributed by atoms with van der Waals surface area (Å²) >= 11 is 0. The number of hydrogen-bond acceptors (Lipinski definition) is 5. The number of fused-ring (bicyclic) bond motifs is 3. The van der Waals surface area contributed by atoms with Crippen molar-refractivity contribution >= 4 is 28.6 Å². The molecule has 2 aromatic carbocycles. The van der Waals surface area contributed by atoms with E-state index in [1.165, 1.54) is 0 Å². The molecule has 1 amide bonds. The van der Waals surface area contributed by atoms with E-state index in [4.69, 9.17) is 4.74 Å². The fourth-order valence-corrected chi connectivity index (χ4v) is 4.74. The maximum atomic E-state index is 13.0. The number of carbonyl (C=O) groups excluding carboxylic acids is 1. The van der Waals surface area contributed by atoms with Crippen molar-refractivity contribution < 1.29 is 9.53 Å². The van der Waals surface area contributed by atoms with Crippen molar-refractivity contribution in [3.05, 3.63) is 35.4 Å². The molecule has 2 fully saturated rings. The molecule has 0 aliphatic carbocycles. The van der Waals surface area contributed by atoms with Crippen molar-refractivity contribution in [1.29, 1.82) is 0 Å². The molecule has 0 saturated carbocycles. The highest BCUT2D eigenvalue weighted by molar-refractivity contribution is 6.06. The number of aliphatic imine (C=N–C) groups is 1. The van der Waals surface area contributed by atoms with Gasteiger partial charge < -0.3 is 14.5 Å². The monoisotopic (exact) mass is 406 g/mol. The van der Waals surface area contributed by atoms with E-state index >= 15 is 0 Å². The van der Waals surface area contributed by atoms with Crippen LogP contribution in [0.1, 0.15) is 28.8 Å². The average Bonchev–Trinajstić information content (AvgIpc) is 3.17. The molecule has 0 N–H and O–H groups in total. The zero-order valence-electron chi connectivity index (χ0n) is 17.9. The number of amides is 1. The first-order valence-electron chi connectivity index (χ1n) is 11.1. The molecule has 0 bridgehead atoms. The Morgan fingerprint density at radius 2 is 1.87 bits per heavy atom. The molecule has 5 rings (SSSR count). The fourth-order valence-electron chi connectivity index (χ4n) is 4.74. The summed E-state index contributed by atoms with van der Waals surface area (Å²) in [5.41, 5.74) is 2.59. The van der Waals surface area contributed by atoms with Crippen LogP contribution in [0.15, 0.2) is 29.3 Å². The first-order chi connectivity index (χ1) is 14.6. The van der Waals surface area contributed by atoms with Crippen LogP contribution in [-0.4, -0.2) is 85.8 Å². The highest BCUT2D eigenvalue weighted by Gasteiger charge is 2.31. The van der Waals surface area contributed by atoms with Gasteiger partial charge in [0.1, 0.15) is 12.4 Å². The van der Waals surface area contributed by atoms with Gasteiger partial charge in [-0.05, 0) is 67.4 Å². The average molecular weight is 407 g/mol. The van der Waals surface area contributed by atoms with Crippen LogP contribution in [-0.2, 0) is 0 Å². The van der Waals surface area contributed by atoms with Gasteiger partial charge in [0, 0.05) is 45.5 Å². The van der Waals surface area contributed by atoms with Gasteiger partial charge in [0.05, 0.1) is 17.3 Å². The van der Waals surface area contributed by atoms with Gasteiger partial charge in [0.25, 0.3) is 5.91 Å². The lowest BCUT2D eigenvalue weighted by Gasteiger charge is -2.32. The molecule has 158 valence electrons. The van der Waals surface area contributed by atoms with Gasteiger partial charge in [0.2, 0.25) is 0 Å². The summed E-state index contributed by atoms with van der Waals surface area (Å²) in [5.74, 6) is 1.03. The van der Waals surface area contributed by atoms with E-state index in [9.17, 15) is 4.79 Å². The molecule has 1 atom stereocenters. The number of benzene rings is 2. The molecule has 3 aliphatic heterocycles. The summed E-state index contributed by atoms with van der Waals surface area (Å²) in [5, 5.41) is 2.14. The Hall–Kier alpha value is -2.44. The molecule has 0 unspecified atom stereocenters. The van der Waals surface area contributed by atoms with Gasteiger partial charge >= 0.3 is 0 Å². The number of ether oxygens (including phenoxy) is 1. The molecule has 2 saturated heterocycles. The van der Waals surface area contributed by atoms with Crippen molar-refractivity contribution in [3.63, 3.8) is 0 Å². The van der Waals surface area contributed by atoms with Gasteiger partial charge in [-0.2, -0.15) is 0 Å². The lowest BCUT2D eigenvalue weighted by Crippen LogP contribution is -2.45. The maximum Gasteiger partial charge on any atom is 0.256 e. The number of aryl methyl sites for hydroxylation is 1. The minimum Gasteiger partial charge on any atom is -0.492 e. The molecule has 6 heteroatoms. The summed E-state index contributed by atoms with van der Waals surface area (Å²) < 4.78 is 6.16. The molecule has 2 aromatic rings. The predicted octanol–water partition coefficient (Wildman–Crippen LogP) is 3.09. The molecule has 3 heterocycles. The Labute approximate surface area is 178 Å². The van der Waals surface area contributed by atoms with Crippen LogP contribution >= 0.6 is 0 Å². The van der Waals surface area contributed by atoms with Crippen molar-refractivity contribution in [2.24, 2.45) is 4.99 Å². The highest BCUT2D eigenvalue weighted by atomic mass is 16.5. The number of piperazine rings is 1. The van der Waals surface area contributed by atoms with Crippen molar-refractivity contribution in [2.75, 3.05) is 52.9 Å². The van der Waals surface area contributed by atoms with Crippen LogP contribution in [0.5, 0.6) is 5.75 Å². The largest absolute Gasteiger partial charge is 0.492 e. The second-order valence-electron chi connectivity index (χ2n) is 8.81. The van der Waals surface area contributed by atoms with Crippen molar-refractivity contribution in [1.82, 2.24) is 14.7 Å². The summed E-state index contributed by atoms with van der Waals surface area (Å²) in [6.07, 6.45) is 4.01. The quantitative estimate of drug-likeness (QED) is 0.783. The van der Waals surface area contributed by atoms with Gasteiger partial charge in [-0.1, -0.05) is 0 Å². The van der Waals surface area contributed by atoms with E-state index in [0.29, 0.717) is 12.2 Å². The van der Waals surface area contributed by atoms with E-state index in [-0.39, 0.29) is 11.9 Å². The third-order valence-corrected chi connectivity index (χ3v) is 6.69. The van der Waals surface area contributed by atoms with Gasteiger partial charge in [0.15, 0.2) is 0 Å². The predicted molar refractivity (Wildman–Crippen MR) is 120 cm³/mol. The van der Waals surface area contributed by atoms with Crippen LogP contribution in [0, 0.1) is 6.92 Å². The second-order valence-corrected chi connectivity index (χ2v) is 8.81. The number of hydrogen-bond donors (Lipinski definition) is 0. The zero-order valence-corrected chi connectivity index (χ0v) is 17.9. The molecule has 0 aromatic heterocycles. The van der Waals surface area contributed by atoms with Gasteiger partial charge in [-0.15, -0.1) is 0 Å². The minimum absolute atomic E-state index is 0.108. The molecule has 6 nitrogen and oxygen atoms in total. The summed E-state index contributed by atoms with van der Waals surface area (Å²) in [6.45, 7) is 8.99. The molecule has 3 aliphatic rings. The first kappa shape index (κ1) is 19.5. The van der Waals surface area contributed by atoms with E-state index in [0.717, 1.165) is 79.9 Å². The molecular formula is C24H30N4O2. The second kappa shape index (κ2) is 8.00. The third kappa shape index (κ3) is 3.70. The van der Waals surface area contributed by atoms with Gasteiger partial charge in [-0.25, -0.2) is 0 Å². The van der Waals surface area contributed by atoms with Crippen LogP contribution in [0.4, 0.5) is 5.69 Å². The molecule has 0 spiro atoms. The van der Waals surface area contributed by atoms with E-state index in [1.807, 2.05) is 23.2 Å². The van der Waals surface area contributed by atoms with Crippen molar-refractivity contribution in [3.8, 4) is 5.75 Å².